The molecule has 1 saturated heterocycles. The van der Waals surface area contributed by atoms with E-state index in [1.54, 1.807) is 0 Å². The SMILES string of the molecule is CC1CCC(=O)N(CC(C#N)c2ccccc2)CC1. The highest BCUT2D eigenvalue weighted by Gasteiger charge is 2.23. The number of benzene rings is 1. The number of carbonyl (C=O) groups excluding carboxylic acids is 1. The molecule has 1 heterocycles. The minimum absolute atomic E-state index is 0.195. The second-order valence-corrected chi connectivity index (χ2v) is 5.36. The zero-order valence-corrected chi connectivity index (χ0v) is 11.4. The summed E-state index contributed by atoms with van der Waals surface area (Å²) < 4.78 is 0. The molecule has 0 bridgehead atoms. The molecule has 0 spiro atoms. The largest absolute Gasteiger partial charge is 0.341 e. The Labute approximate surface area is 114 Å². The Morgan fingerprint density at radius 1 is 1.37 bits per heavy atom. The van der Waals surface area contributed by atoms with E-state index in [0.717, 1.165) is 24.9 Å². The molecule has 0 aliphatic carbocycles. The Morgan fingerprint density at radius 3 is 2.79 bits per heavy atom. The van der Waals surface area contributed by atoms with E-state index in [2.05, 4.69) is 13.0 Å². The Hall–Kier alpha value is -1.82. The summed E-state index contributed by atoms with van der Waals surface area (Å²) in [5, 5.41) is 9.33. The summed E-state index contributed by atoms with van der Waals surface area (Å²) in [6.07, 6.45) is 2.63. The van der Waals surface area contributed by atoms with E-state index in [0.29, 0.717) is 18.9 Å². The van der Waals surface area contributed by atoms with Gasteiger partial charge in [0.15, 0.2) is 0 Å². The second-order valence-electron chi connectivity index (χ2n) is 5.36. The number of amides is 1. The van der Waals surface area contributed by atoms with Gasteiger partial charge in [-0.25, -0.2) is 0 Å². The van der Waals surface area contributed by atoms with Gasteiger partial charge in [-0.05, 0) is 24.3 Å². The van der Waals surface area contributed by atoms with Crippen molar-refractivity contribution in [1.82, 2.24) is 4.90 Å². The summed E-state index contributed by atoms with van der Waals surface area (Å²) >= 11 is 0. The van der Waals surface area contributed by atoms with Gasteiger partial charge in [0, 0.05) is 19.5 Å². The van der Waals surface area contributed by atoms with Crippen LogP contribution in [0.15, 0.2) is 30.3 Å². The van der Waals surface area contributed by atoms with E-state index in [1.165, 1.54) is 0 Å². The fourth-order valence-corrected chi connectivity index (χ4v) is 2.49. The van der Waals surface area contributed by atoms with Crippen molar-refractivity contribution in [3.63, 3.8) is 0 Å². The molecule has 2 rings (SSSR count). The number of nitriles is 1. The Balaban J connectivity index is 2.06. The molecule has 1 aromatic carbocycles. The topological polar surface area (TPSA) is 44.1 Å². The van der Waals surface area contributed by atoms with E-state index in [9.17, 15) is 10.1 Å². The first-order chi connectivity index (χ1) is 9.20. The molecule has 1 aromatic rings. The van der Waals surface area contributed by atoms with Crippen LogP contribution < -0.4 is 0 Å². The number of rotatable bonds is 3. The van der Waals surface area contributed by atoms with Crippen molar-refractivity contribution in [1.29, 1.82) is 5.26 Å². The fraction of sp³-hybridized carbons (Fsp3) is 0.500. The van der Waals surface area contributed by atoms with Crippen LogP contribution in [0.2, 0.25) is 0 Å². The first-order valence-corrected chi connectivity index (χ1v) is 6.93. The van der Waals surface area contributed by atoms with Crippen LogP contribution >= 0.6 is 0 Å². The molecule has 1 aliphatic heterocycles. The molecule has 0 N–H and O–H groups in total. The third-order valence-electron chi connectivity index (χ3n) is 3.86. The summed E-state index contributed by atoms with van der Waals surface area (Å²) in [5.41, 5.74) is 0.995. The number of hydrogen-bond donors (Lipinski definition) is 0. The van der Waals surface area contributed by atoms with Crippen molar-refractivity contribution in [2.45, 2.75) is 32.1 Å². The molecule has 0 radical (unpaired) electrons. The lowest BCUT2D eigenvalue weighted by Crippen LogP contribution is -2.34. The van der Waals surface area contributed by atoms with Crippen LogP contribution in [0.5, 0.6) is 0 Å². The van der Waals surface area contributed by atoms with Gasteiger partial charge in [-0.1, -0.05) is 37.3 Å². The molecular formula is C16H20N2O. The van der Waals surface area contributed by atoms with Gasteiger partial charge in [0.1, 0.15) is 0 Å². The summed E-state index contributed by atoms with van der Waals surface area (Å²) in [5.74, 6) is 0.574. The van der Waals surface area contributed by atoms with Gasteiger partial charge in [0.05, 0.1) is 12.0 Å². The van der Waals surface area contributed by atoms with E-state index < -0.39 is 0 Å². The molecule has 2 atom stereocenters. The van der Waals surface area contributed by atoms with Crippen LogP contribution in [-0.2, 0) is 4.79 Å². The highest BCUT2D eigenvalue weighted by molar-refractivity contribution is 5.76. The Morgan fingerprint density at radius 2 is 2.11 bits per heavy atom. The van der Waals surface area contributed by atoms with Crippen molar-refractivity contribution < 1.29 is 4.79 Å². The average Bonchev–Trinajstić information content (AvgIpc) is 2.60. The molecule has 0 aromatic heterocycles. The Bertz CT molecular complexity index is 463. The predicted molar refractivity (Wildman–Crippen MR) is 74.4 cm³/mol. The third kappa shape index (κ3) is 3.57. The van der Waals surface area contributed by atoms with E-state index in [-0.39, 0.29) is 11.8 Å². The Kier molecular flexibility index (Phi) is 4.57. The first-order valence-electron chi connectivity index (χ1n) is 6.93. The molecule has 1 amide bonds. The number of likely N-dealkylation sites (tertiary alicyclic amines) is 1. The maximum atomic E-state index is 12.1. The minimum Gasteiger partial charge on any atom is -0.341 e. The first kappa shape index (κ1) is 13.6. The molecule has 19 heavy (non-hydrogen) atoms. The number of nitrogens with zero attached hydrogens (tertiary/aromatic N) is 2. The monoisotopic (exact) mass is 256 g/mol. The zero-order chi connectivity index (χ0) is 13.7. The molecule has 100 valence electrons. The van der Waals surface area contributed by atoms with Crippen LogP contribution in [0, 0.1) is 17.2 Å². The van der Waals surface area contributed by atoms with Crippen LogP contribution in [-0.4, -0.2) is 23.9 Å². The van der Waals surface area contributed by atoms with Gasteiger partial charge in [0.25, 0.3) is 0 Å². The van der Waals surface area contributed by atoms with Crippen molar-refractivity contribution in [3.8, 4) is 6.07 Å². The highest BCUT2D eigenvalue weighted by Crippen LogP contribution is 2.21. The second kappa shape index (κ2) is 6.38. The normalized spacial score (nSPS) is 21.6. The molecule has 1 aliphatic rings. The van der Waals surface area contributed by atoms with Gasteiger partial charge in [-0.3, -0.25) is 4.79 Å². The maximum Gasteiger partial charge on any atom is 0.222 e. The summed E-state index contributed by atoms with van der Waals surface area (Å²) in [6.45, 7) is 3.49. The fourth-order valence-electron chi connectivity index (χ4n) is 2.49. The molecule has 1 fully saturated rings. The van der Waals surface area contributed by atoms with Gasteiger partial charge >= 0.3 is 0 Å². The van der Waals surface area contributed by atoms with Crippen molar-refractivity contribution >= 4 is 5.91 Å². The maximum absolute atomic E-state index is 12.1. The lowest BCUT2D eigenvalue weighted by atomic mass is 10.00. The molecular weight excluding hydrogens is 236 g/mol. The van der Waals surface area contributed by atoms with Crippen LogP contribution in [0.25, 0.3) is 0 Å². The molecule has 0 saturated carbocycles. The standard InChI is InChI=1S/C16H20N2O/c1-13-7-8-16(19)18(10-9-13)12-15(11-17)14-5-3-2-4-6-14/h2-6,13,15H,7-10,12H2,1H3. The lowest BCUT2D eigenvalue weighted by molar-refractivity contribution is -0.130. The molecule has 3 nitrogen and oxygen atoms in total. The van der Waals surface area contributed by atoms with Gasteiger partial charge in [-0.2, -0.15) is 5.26 Å². The zero-order valence-electron chi connectivity index (χ0n) is 11.4. The van der Waals surface area contributed by atoms with Crippen LogP contribution in [0.3, 0.4) is 0 Å². The predicted octanol–water partition coefficient (Wildman–Crippen LogP) is 2.94. The van der Waals surface area contributed by atoms with Gasteiger partial charge < -0.3 is 4.90 Å². The molecule has 3 heteroatoms. The van der Waals surface area contributed by atoms with E-state index in [4.69, 9.17) is 0 Å². The summed E-state index contributed by atoms with van der Waals surface area (Å²) in [4.78, 5) is 13.9. The van der Waals surface area contributed by atoms with Crippen molar-refractivity contribution in [2.24, 2.45) is 5.92 Å². The van der Waals surface area contributed by atoms with Crippen molar-refractivity contribution in [2.75, 3.05) is 13.1 Å². The van der Waals surface area contributed by atoms with Crippen LogP contribution in [0.1, 0.15) is 37.7 Å². The van der Waals surface area contributed by atoms with Crippen molar-refractivity contribution in [3.05, 3.63) is 35.9 Å². The van der Waals surface area contributed by atoms with Gasteiger partial charge in [-0.15, -0.1) is 0 Å². The van der Waals surface area contributed by atoms with E-state index >= 15 is 0 Å². The number of carbonyl (C=O) groups is 1. The number of hydrogen-bond acceptors (Lipinski definition) is 2. The summed E-state index contributed by atoms with van der Waals surface area (Å²) in [6, 6.07) is 12.1. The van der Waals surface area contributed by atoms with E-state index in [1.807, 2.05) is 35.2 Å². The summed E-state index contributed by atoms with van der Waals surface area (Å²) in [7, 11) is 0. The highest BCUT2D eigenvalue weighted by atomic mass is 16.2. The van der Waals surface area contributed by atoms with Crippen LogP contribution in [0.4, 0.5) is 0 Å². The lowest BCUT2D eigenvalue weighted by Gasteiger charge is -2.23. The quantitative estimate of drug-likeness (QED) is 0.834. The molecule has 2 unspecified atom stereocenters. The minimum atomic E-state index is -0.224. The van der Waals surface area contributed by atoms with Gasteiger partial charge in [0.2, 0.25) is 5.91 Å². The third-order valence-corrected chi connectivity index (χ3v) is 3.86. The average molecular weight is 256 g/mol. The smallest absolute Gasteiger partial charge is 0.222 e.